The predicted molar refractivity (Wildman–Crippen MR) is 76.1 cm³/mol. The Balaban J connectivity index is 2.06. The van der Waals surface area contributed by atoms with E-state index in [0.717, 1.165) is 10.6 Å². The van der Waals surface area contributed by atoms with Gasteiger partial charge in [0.05, 0.1) is 11.1 Å². The molecule has 0 radical (unpaired) electrons. The zero-order valence-electron chi connectivity index (χ0n) is 11.1. The van der Waals surface area contributed by atoms with E-state index in [1.165, 1.54) is 17.3 Å². The van der Waals surface area contributed by atoms with Gasteiger partial charge in [0, 0.05) is 10.6 Å². The molecule has 4 nitrogen and oxygen atoms in total. The molecule has 2 heterocycles. The van der Waals surface area contributed by atoms with Crippen molar-refractivity contribution >= 4 is 23.6 Å². The Morgan fingerprint density at radius 3 is 2.45 bits per heavy atom. The van der Waals surface area contributed by atoms with E-state index in [-0.39, 0.29) is 11.8 Å². The third kappa shape index (κ3) is 2.20. The Labute approximate surface area is 120 Å². The fourth-order valence-electron chi connectivity index (χ4n) is 2.07. The van der Waals surface area contributed by atoms with Gasteiger partial charge in [0.1, 0.15) is 5.03 Å². The van der Waals surface area contributed by atoms with Crippen LogP contribution in [0.1, 0.15) is 32.0 Å². The number of amides is 2. The van der Waals surface area contributed by atoms with Gasteiger partial charge in [-0.05, 0) is 32.0 Å². The van der Waals surface area contributed by atoms with Gasteiger partial charge in [-0.2, -0.15) is 0 Å². The Hall–Kier alpha value is -2.14. The number of aromatic nitrogens is 1. The van der Waals surface area contributed by atoms with Crippen LogP contribution < -0.4 is 5.32 Å². The summed E-state index contributed by atoms with van der Waals surface area (Å²) >= 11 is 1.40. The number of imide groups is 1. The van der Waals surface area contributed by atoms with E-state index in [1.54, 1.807) is 6.07 Å². The van der Waals surface area contributed by atoms with E-state index >= 15 is 0 Å². The molecular weight excluding hydrogens is 272 g/mol. The van der Waals surface area contributed by atoms with Gasteiger partial charge in [0.25, 0.3) is 11.8 Å². The molecule has 2 amide bonds. The average molecular weight is 284 g/mol. The quantitative estimate of drug-likeness (QED) is 0.861. The van der Waals surface area contributed by atoms with E-state index in [9.17, 15) is 9.59 Å². The highest BCUT2D eigenvalue weighted by atomic mass is 32.2. The van der Waals surface area contributed by atoms with Crippen molar-refractivity contribution in [3.8, 4) is 0 Å². The van der Waals surface area contributed by atoms with Gasteiger partial charge in [-0.1, -0.05) is 29.5 Å². The van der Waals surface area contributed by atoms with Crippen LogP contribution >= 0.6 is 11.8 Å². The molecule has 0 saturated heterocycles. The minimum absolute atomic E-state index is 0.346. The van der Waals surface area contributed by atoms with Gasteiger partial charge in [0.15, 0.2) is 0 Å². The van der Waals surface area contributed by atoms with E-state index in [4.69, 9.17) is 0 Å². The van der Waals surface area contributed by atoms with Gasteiger partial charge < -0.3 is 0 Å². The maximum absolute atomic E-state index is 11.9. The Morgan fingerprint density at radius 1 is 1.05 bits per heavy atom. The van der Waals surface area contributed by atoms with Crippen LogP contribution in [0.4, 0.5) is 0 Å². The minimum Gasteiger partial charge on any atom is -0.288 e. The predicted octanol–water partition coefficient (Wildman–Crippen LogP) is 2.73. The zero-order chi connectivity index (χ0) is 14.3. The number of benzene rings is 1. The summed E-state index contributed by atoms with van der Waals surface area (Å²) in [5, 5.41) is 2.89. The number of carbonyl (C=O) groups excluding carboxylic acids is 2. The number of hydrogen-bond acceptors (Lipinski definition) is 4. The summed E-state index contributed by atoms with van der Waals surface area (Å²) in [6.45, 7) is 3.83. The van der Waals surface area contributed by atoms with Gasteiger partial charge in [-0.3, -0.25) is 14.9 Å². The number of carbonyl (C=O) groups is 2. The van der Waals surface area contributed by atoms with Crippen molar-refractivity contribution in [3.05, 3.63) is 52.7 Å². The third-order valence-electron chi connectivity index (χ3n) is 3.05. The van der Waals surface area contributed by atoms with Crippen molar-refractivity contribution in [2.45, 2.75) is 23.8 Å². The number of aryl methyl sites for hydroxylation is 2. The molecule has 1 aromatic carbocycles. The lowest BCUT2D eigenvalue weighted by molar-refractivity contribution is 0.0878. The summed E-state index contributed by atoms with van der Waals surface area (Å²) in [4.78, 5) is 29.0. The van der Waals surface area contributed by atoms with Crippen molar-refractivity contribution < 1.29 is 9.59 Å². The molecule has 1 aliphatic heterocycles. The summed E-state index contributed by atoms with van der Waals surface area (Å²) in [5.74, 6) is -0.714. The van der Waals surface area contributed by atoms with Crippen molar-refractivity contribution in [2.75, 3.05) is 0 Å². The standard InChI is InChI=1S/C15H12N2O2S/c1-8-3-5-10(6-4-8)20-15-12-11(7-9(2)16-15)13(18)17-14(12)19/h3-7H,1-2H3,(H,17,18,19). The second kappa shape index (κ2) is 4.76. The minimum atomic E-state index is -0.368. The van der Waals surface area contributed by atoms with Gasteiger partial charge in [-0.15, -0.1) is 0 Å². The fourth-order valence-corrected chi connectivity index (χ4v) is 3.06. The summed E-state index contributed by atoms with van der Waals surface area (Å²) in [6, 6.07) is 9.61. The van der Waals surface area contributed by atoms with Crippen LogP contribution in [-0.4, -0.2) is 16.8 Å². The highest BCUT2D eigenvalue weighted by molar-refractivity contribution is 7.99. The molecule has 0 unspecified atom stereocenters. The molecule has 2 aromatic rings. The van der Waals surface area contributed by atoms with Crippen LogP contribution in [0.2, 0.25) is 0 Å². The molecule has 0 saturated carbocycles. The normalized spacial score (nSPS) is 13.3. The van der Waals surface area contributed by atoms with Gasteiger partial charge in [-0.25, -0.2) is 4.98 Å². The number of pyridine rings is 1. The molecule has 0 atom stereocenters. The highest BCUT2D eigenvalue weighted by Crippen LogP contribution is 2.32. The topological polar surface area (TPSA) is 59.1 Å². The van der Waals surface area contributed by atoms with E-state index in [0.29, 0.717) is 16.2 Å². The van der Waals surface area contributed by atoms with Gasteiger partial charge in [0.2, 0.25) is 0 Å². The summed E-state index contributed by atoms with van der Waals surface area (Å²) in [6.07, 6.45) is 0. The number of fused-ring (bicyclic) bond motifs is 1. The highest BCUT2D eigenvalue weighted by Gasteiger charge is 2.31. The summed E-state index contributed by atoms with van der Waals surface area (Å²) < 4.78 is 0. The van der Waals surface area contributed by atoms with Crippen LogP contribution in [0.25, 0.3) is 0 Å². The Bertz CT molecular complexity index is 723. The van der Waals surface area contributed by atoms with Crippen LogP contribution in [0.15, 0.2) is 40.3 Å². The smallest absolute Gasteiger partial charge is 0.261 e. The number of rotatable bonds is 2. The fraction of sp³-hybridized carbons (Fsp3) is 0.133. The lowest BCUT2D eigenvalue weighted by atomic mass is 10.1. The van der Waals surface area contributed by atoms with E-state index < -0.39 is 0 Å². The molecular formula is C15H12N2O2S. The molecule has 0 bridgehead atoms. The molecule has 1 aromatic heterocycles. The van der Waals surface area contributed by atoms with E-state index in [2.05, 4.69) is 10.3 Å². The summed E-state index contributed by atoms with van der Waals surface area (Å²) in [7, 11) is 0. The molecule has 100 valence electrons. The molecule has 3 rings (SSSR count). The van der Waals surface area contributed by atoms with Crippen LogP contribution in [0.5, 0.6) is 0 Å². The first-order valence-corrected chi connectivity index (χ1v) is 6.98. The molecule has 20 heavy (non-hydrogen) atoms. The average Bonchev–Trinajstić information content (AvgIpc) is 2.67. The van der Waals surface area contributed by atoms with Crippen LogP contribution in [0.3, 0.4) is 0 Å². The van der Waals surface area contributed by atoms with Crippen molar-refractivity contribution in [1.29, 1.82) is 0 Å². The van der Waals surface area contributed by atoms with Crippen LogP contribution in [-0.2, 0) is 0 Å². The largest absolute Gasteiger partial charge is 0.288 e. The van der Waals surface area contributed by atoms with Crippen molar-refractivity contribution in [2.24, 2.45) is 0 Å². The molecule has 1 N–H and O–H groups in total. The molecule has 0 fully saturated rings. The Morgan fingerprint density at radius 2 is 1.75 bits per heavy atom. The first-order valence-electron chi connectivity index (χ1n) is 6.16. The first kappa shape index (κ1) is 12.9. The van der Waals surface area contributed by atoms with Gasteiger partial charge >= 0.3 is 0 Å². The summed E-state index contributed by atoms with van der Waals surface area (Å²) in [5.41, 5.74) is 2.69. The second-order valence-corrected chi connectivity index (χ2v) is 5.75. The number of nitrogens with one attached hydrogen (secondary N) is 1. The second-order valence-electron chi connectivity index (χ2n) is 4.69. The molecule has 1 aliphatic rings. The van der Waals surface area contributed by atoms with Crippen molar-refractivity contribution in [1.82, 2.24) is 10.3 Å². The SMILES string of the molecule is Cc1ccc(Sc2nc(C)cc3c2C(=O)NC3=O)cc1. The molecule has 0 aliphatic carbocycles. The van der Waals surface area contributed by atoms with E-state index in [1.807, 2.05) is 38.1 Å². The Kier molecular flexibility index (Phi) is 3.06. The first-order chi connectivity index (χ1) is 9.54. The molecule has 5 heteroatoms. The van der Waals surface area contributed by atoms with Crippen molar-refractivity contribution in [3.63, 3.8) is 0 Å². The lowest BCUT2D eigenvalue weighted by Crippen LogP contribution is -2.20. The third-order valence-corrected chi connectivity index (χ3v) is 4.05. The van der Waals surface area contributed by atoms with Crippen LogP contribution in [0, 0.1) is 13.8 Å². The monoisotopic (exact) mass is 284 g/mol. The zero-order valence-corrected chi connectivity index (χ0v) is 11.9. The number of hydrogen-bond donors (Lipinski definition) is 1. The number of nitrogens with zero attached hydrogens (tertiary/aromatic N) is 1. The molecule has 0 spiro atoms. The maximum Gasteiger partial charge on any atom is 0.261 e. The lowest BCUT2D eigenvalue weighted by Gasteiger charge is -2.06. The maximum atomic E-state index is 11.9.